The van der Waals surface area contributed by atoms with Crippen LogP contribution in [0.4, 0.5) is 0 Å². The molecule has 44 heavy (non-hydrogen) atoms. The maximum atomic E-state index is 6.25. The van der Waals surface area contributed by atoms with Crippen LogP contribution >= 0.6 is 0 Å². The van der Waals surface area contributed by atoms with Gasteiger partial charge in [0.25, 0.3) is 0 Å². The first kappa shape index (κ1) is 25.1. The van der Waals surface area contributed by atoms with E-state index < -0.39 is 5.41 Å². The molecule has 0 fully saturated rings. The van der Waals surface area contributed by atoms with Crippen molar-refractivity contribution in [1.29, 1.82) is 0 Å². The van der Waals surface area contributed by atoms with Gasteiger partial charge < -0.3 is 4.42 Å². The summed E-state index contributed by atoms with van der Waals surface area (Å²) in [5.74, 6) is 0. The Morgan fingerprint density at radius 1 is 0.523 bits per heavy atom. The molecule has 1 aliphatic carbocycles. The van der Waals surface area contributed by atoms with Crippen molar-refractivity contribution in [1.82, 2.24) is 0 Å². The Morgan fingerprint density at radius 2 is 1.16 bits per heavy atom. The summed E-state index contributed by atoms with van der Waals surface area (Å²) in [5, 5.41) is 5.03. The van der Waals surface area contributed by atoms with E-state index in [1.165, 1.54) is 71.6 Å². The minimum atomic E-state index is -0.438. The van der Waals surface area contributed by atoms with Crippen LogP contribution in [-0.4, -0.2) is 0 Å². The minimum Gasteiger partial charge on any atom is -0.456 e. The summed E-state index contributed by atoms with van der Waals surface area (Å²) in [4.78, 5) is 0. The number of fused-ring (bicyclic) bond motifs is 8. The van der Waals surface area contributed by atoms with E-state index in [9.17, 15) is 0 Å². The third kappa shape index (κ3) is 3.47. The van der Waals surface area contributed by atoms with E-state index in [1.54, 1.807) is 0 Å². The highest BCUT2D eigenvalue weighted by atomic mass is 16.3. The number of furan rings is 1. The molecule has 0 radical (unpaired) electrons. The van der Waals surface area contributed by atoms with Crippen LogP contribution in [0.5, 0.6) is 0 Å². The molecule has 208 valence electrons. The van der Waals surface area contributed by atoms with Gasteiger partial charge in [-0.05, 0) is 86.3 Å². The maximum Gasteiger partial charge on any atom is 0.135 e. The van der Waals surface area contributed by atoms with Gasteiger partial charge >= 0.3 is 0 Å². The van der Waals surface area contributed by atoms with Gasteiger partial charge in [0, 0.05) is 10.8 Å². The average Bonchev–Trinajstić information content (AvgIpc) is 3.60. The van der Waals surface area contributed by atoms with Crippen molar-refractivity contribution >= 4 is 32.7 Å². The van der Waals surface area contributed by atoms with Gasteiger partial charge in [0.05, 0.1) is 5.41 Å². The Kier molecular flexibility index (Phi) is 5.46. The van der Waals surface area contributed by atoms with Crippen LogP contribution in [-0.2, 0) is 11.8 Å². The number of para-hydroxylation sites is 1. The van der Waals surface area contributed by atoms with Crippen LogP contribution in [0, 0.1) is 6.92 Å². The number of aryl methyl sites for hydroxylation is 1. The third-order valence-electron chi connectivity index (χ3n) is 9.71. The first-order valence-electron chi connectivity index (χ1n) is 15.4. The minimum absolute atomic E-state index is 0.438. The zero-order valence-electron chi connectivity index (χ0n) is 24.5. The molecule has 0 unspecified atom stereocenters. The number of hydrogen-bond acceptors (Lipinski definition) is 1. The summed E-state index contributed by atoms with van der Waals surface area (Å²) < 4.78 is 6.25. The van der Waals surface area contributed by atoms with Gasteiger partial charge in [0.15, 0.2) is 0 Å². The Morgan fingerprint density at radius 3 is 1.91 bits per heavy atom. The lowest BCUT2D eigenvalue weighted by Gasteiger charge is -2.34. The van der Waals surface area contributed by atoms with Crippen molar-refractivity contribution in [2.45, 2.75) is 18.8 Å². The van der Waals surface area contributed by atoms with Gasteiger partial charge in [0.2, 0.25) is 0 Å². The fraction of sp³-hybridized carbons (Fsp3) is 0.0698. The van der Waals surface area contributed by atoms with Crippen LogP contribution in [0.25, 0.3) is 43.8 Å². The summed E-state index contributed by atoms with van der Waals surface area (Å²) in [6.07, 6.45) is 0.823. The molecule has 7 aromatic carbocycles. The van der Waals surface area contributed by atoms with E-state index in [1.807, 2.05) is 6.07 Å². The molecule has 0 N–H and O–H groups in total. The van der Waals surface area contributed by atoms with Crippen molar-refractivity contribution in [3.63, 3.8) is 0 Å². The van der Waals surface area contributed by atoms with Crippen molar-refractivity contribution in [2.75, 3.05) is 0 Å². The van der Waals surface area contributed by atoms with Crippen LogP contribution in [0.1, 0.15) is 38.9 Å². The van der Waals surface area contributed by atoms with E-state index in [-0.39, 0.29) is 0 Å². The molecule has 0 spiro atoms. The largest absolute Gasteiger partial charge is 0.456 e. The summed E-state index contributed by atoms with van der Waals surface area (Å²) in [6, 6.07) is 55.6. The Balaban J connectivity index is 1.35. The first-order valence-corrected chi connectivity index (χ1v) is 15.4. The van der Waals surface area contributed by atoms with E-state index in [0.29, 0.717) is 0 Å². The Hall–Kier alpha value is -5.40. The predicted molar refractivity (Wildman–Crippen MR) is 183 cm³/mol. The van der Waals surface area contributed by atoms with Crippen LogP contribution in [0.2, 0.25) is 0 Å². The van der Waals surface area contributed by atoms with Crippen molar-refractivity contribution in [2.24, 2.45) is 0 Å². The lowest BCUT2D eigenvalue weighted by atomic mass is 9.67. The molecular weight excluding hydrogens is 532 g/mol. The summed E-state index contributed by atoms with van der Waals surface area (Å²) in [6.45, 7) is 2.26. The average molecular weight is 563 g/mol. The molecule has 9 rings (SSSR count). The molecule has 1 nitrogen and oxygen atoms in total. The molecule has 0 atom stereocenters. The lowest BCUT2D eigenvalue weighted by Crippen LogP contribution is -2.28. The highest BCUT2D eigenvalue weighted by Gasteiger charge is 2.47. The first-order chi connectivity index (χ1) is 21.7. The van der Waals surface area contributed by atoms with Gasteiger partial charge in [-0.25, -0.2) is 0 Å². The number of benzene rings is 7. The molecular formula is C43H30O. The van der Waals surface area contributed by atoms with Gasteiger partial charge in [-0.2, -0.15) is 0 Å². The topological polar surface area (TPSA) is 13.1 Å². The second-order valence-electron chi connectivity index (χ2n) is 12.1. The van der Waals surface area contributed by atoms with Crippen molar-refractivity contribution in [3.05, 3.63) is 191 Å². The molecule has 0 saturated heterocycles. The predicted octanol–water partition coefficient (Wildman–Crippen LogP) is 11.0. The molecule has 1 heterocycles. The SMILES string of the molecule is Cc1cc2c(c3ccccc13)-c1ccc(Cc3cccc4oc5ccccc5c34)cc1C2(c1ccccc1)c1ccccc1. The highest BCUT2D eigenvalue weighted by molar-refractivity contribution is 6.07. The number of hydrogen-bond donors (Lipinski definition) is 0. The molecule has 0 amide bonds. The quantitative estimate of drug-likeness (QED) is 0.208. The molecule has 0 saturated carbocycles. The fourth-order valence-corrected chi connectivity index (χ4v) is 7.90. The Labute approximate surface area is 257 Å². The zero-order chi connectivity index (χ0) is 29.3. The zero-order valence-corrected chi connectivity index (χ0v) is 24.5. The summed E-state index contributed by atoms with van der Waals surface area (Å²) in [7, 11) is 0. The molecule has 0 bridgehead atoms. The van der Waals surface area contributed by atoms with Gasteiger partial charge in [0.1, 0.15) is 11.2 Å². The molecule has 1 heteroatoms. The van der Waals surface area contributed by atoms with Crippen molar-refractivity contribution < 1.29 is 4.42 Å². The van der Waals surface area contributed by atoms with E-state index in [2.05, 4.69) is 153 Å². The fourth-order valence-electron chi connectivity index (χ4n) is 7.90. The second-order valence-corrected chi connectivity index (χ2v) is 12.1. The number of rotatable bonds is 4. The molecule has 8 aromatic rings. The lowest BCUT2D eigenvalue weighted by molar-refractivity contribution is 0.668. The van der Waals surface area contributed by atoms with Gasteiger partial charge in [-0.3, -0.25) is 0 Å². The normalized spacial score (nSPS) is 13.4. The van der Waals surface area contributed by atoms with Gasteiger partial charge in [-0.15, -0.1) is 0 Å². The second kappa shape index (κ2) is 9.56. The monoisotopic (exact) mass is 562 g/mol. The summed E-state index contributed by atoms with van der Waals surface area (Å²) in [5.41, 5.74) is 13.3. The Bertz CT molecular complexity index is 2320. The molecule has 0 aliphatic heterocycles. The standard InChI is InChI=1S/C43H30O/c1-28-25-38-42(34-19-9-8-18-33(28)34)35-24-23-29(26-30-13-12-22-40-41(30)36-20-10-11-21-39(36)44-40)27-37(35)43(38,31-14-4-2-5-15-31)32-16-6-3-7-17-32/h2-25,27H,26H2,1H3. The van der Waals surface area contributed by atoms with E-state index in [4.69, 9.17) is 4.42 Å². The summed E-state index contributed by atoms with van der Waals surface area (Å²) >= 11 is 0. The molecule has 1 aromatic heterocycles. The smallest absolute Gasteiger partial charge is 0.135 e. The molecule has 1 aliphatic rings. The van der Waals surface area contributed by atoms with E-state index >= 15 is 0 Å². The van der Waals surface area contributed by atoms with Crippen molar-refractivity contribution in [3.8, 4) is 11.1 Å². The third-order valence-corrected chi connectivity index (χ3v) is 9.71. The van der Waals surface area contributed by atoms with E-state index in [0.717, 1.165) is 17.6 Å². The van der Waals surface area contributed by atoms with Crippen LogP contribution in [0.15, 0.2) is 156 Å². The van der Waals surface area contributed by atoms with Gasteiger partial charge in [-0.1, -0.05) is 140 Å². The van der Waals surface area contributed by atoms with Crippen LogP contribution in [0.3, 0.4) is 0 Å². The maximum absolute atomic E-state index is 6.25. The highest BCUT2D eigenvalue weighted by Crippen LogP contribution is 2.58. The van der Waals surface area contributed by atoms with Crippen LogP contribution < -0.4 is 0 Å².